The van der Waals surface area contributed by atoms with E-state index in [0.717, 1.165) is 0 Å². The first-order chi connectivity index (χ1) is 8.60. The molecule has 1 rings (SSSR count). The predicted octanol–water partition coefficient (Wildman–Crippen LogP) is 2.41. The molecule has 1 fully saturated rings. The van der Waals surface area contributed by atoms with Crippen molar-refractivity contribution in [3.63, 3.8) is 0 Å². The first-order valence-corrected chi connectivity index (χ1v) is 6.45. The third kappa shape index (κ3) is 3.98. The second kappa shape index (κ2) is 5.23. The maximum absolute atomic E-state index is 12.1. The summed E-state index contributed by atoms with van der Waals surface area (Å²) < 4.78 is 10.4. The van der Waals surface area contributed by atoms with Crippen molar-refractivity contribution in [1.29, 1.82) is 0 Å². The molecule has 108 valence electrons. The largest absolute Gasteiger partial charge is 0.461 e. The molecule has 1 aliphatic carbocycles. The van der Waals surface area contributed by atoms with Crippen molar-refractivity contribution < 1.29 is 19.1 Å². The summed E-state index contributed by atoms with van der Waals surface area (Å²) in [5, 5.41) is 2.62. The summed E-state index contributed by atoms with van der Waals surface area (Å²) in [6, 6.07) is 0. The molecule has 0 bridgehead atoms. The number of alkyl carbamates (subject to hydrolysis) is 1. The van der Waals surface area contributed by atoms with Crippen LogP contribution in [0.4, 0.5) is 4.79 Å². The van der Waals surface area contributed by atoms with Crippen molar-refractivity contribution in [3.05, 3.63) is 12.7 Å². The fourth-order valence-electron chi connectivity index (χ4n) is 1.81. The summed E-state index contributed by atoms with van der Waals surface area (Å²) in [5.74, 6) is -0.537. The summed E-state index contributed by atoms with van der Waals surface area (Å²) >= 11 is 0. The number of hydrogen-bond donors (Lipinski definition) is 1. The van der Waals surface area contributed by atoms with Gasteiger partial charge in [-0.2, -0.15) is 0 Å². The minimum atomic E-state index is -1.01. The number of carbonyl (C=O) groups is 2. The molecule has 1 saturated carbocycles. The standard InChI is InChI=1S/C14H23NO4/c1-7-10-8-14(10,11(16)18-9(2)3)15-12(17)19-13(4,5)6/h7,9-10H,1,8H2,2-6H3,(H,15,17)/t10-,14-/m1/s1. The Kier molecular flexibility index (Phi) is 4.28. The van der Waals surface area contributed by atoms with Crippen LogP contribution in [0.1, 0.15) is 41.0 Å². The van der Waals surface area contributed by atoms with E-state index in [1.807, 2.05) is 0 Å². The molecule has 0 aromatic heterocycles. The van der Waals surface area contributed by atoms with Gasteiger partial charge in [-0.1, -0.05) is 6.08 Å². The molecule has 0 spiro atoms. The van der Waals surface area contributed by atoms with Gasteiger partial charge in [0.15, 0.2) is 0 Å². The molecule has 5 heteroatoms. The normalized spacial score (nSPS) is 25.7. The van der Waals surface area contributed by atoms with Crippen molar-refractivity contribution in [2.24, 2.45) is 5.92 Å². The van der Waals surface area contributed by atoms with E-state index in [-0.39, 0.29) is 12.0 Å². The second-order valence-electron chi connectivity index (χ2n) is 6.10. The highest BCUT2D eigenvalue weighted by Gasteiger charge is 2.61. The van der Waals surface area contributed by atoms with Crippen LogP contribution in [-0.4, -0.2) is 29.3 Å². The van der Waals surface area contributed by atoms with Crippen LogP contribution >= 0.6 is 0 Å². The minimum absolute atomic E-state index is 0.105. The number of rotatable bonds is 4. The number of ether oxygens (including phenoxy) is 2. The number of amides is 1. The van der Waals surface area contributed by atoms with E-state index >= 15 is 0 Å². The van der Waals surface area contributed by atoms with E-state index < -0.39 is 23.2 Å². The molecule has 0 unspecified atom stereocenters. The molecule has 0 aliphatic heterocycles. The van der Waals surface area contributed by atoms with Gasteiger partial charge in [-0.25, -0.2) is 9.59 Å². The quantitative estimate of drug-likeness (QED) is 0.628. The lowest BCUT2D eigenvalue weighted by Gasteiger charge is -2.23. The van der Waals surface area contributed by atoms with Gasteiger partial charge >= 0.3 is 12.1 Å². The molecular weight excluding hydrogens is 246 g/mol. The van der Waals surface area contributed by atoms with Gasteiger partial charge in [-0.05, 0) is 41.0 Å². The van der Waals surface area contributed by atoms with E-state index in [1.54, 1.807) is 40.7 Å². The summed E-state index contributed by atoms with van der Waals surface area (Å²) in [6.45, 7) is 12.5. The summed E-state index contributed by atoms with van der Waals surface area (Å²) in [5.41, 5.74) is -1.61. The number of nitrogens with one attached hydrogen (secondary N) is 1. The van der Waals surface area contributed by atoms with E-state index in [2.05, 4.69) is 11.9 Å². The van der Waals surface area contributed by atoms with Gasteiger partial charge in [0.25, 0.3) is 0 Å². The molecule has 1 aliphatic rings. The first-order valence-electron chi connectivity index (χ1n) is 6.45. The van der Waals surface area contributed by atoms with E-state index in [1.165, 1.54) is 0 Å². The Bertz CT molecular complexity index is 383. The van der Waals surface area contributed by atoms with Crippen LogP contribution in [0.15, 0.2) is 12.7 Å². The Labute approximate surface area is 114 Å². The topological polar surface area (TPSA) is 64.6 Å². The molecule has 0 heterocycles. The molecule has 0 aromatic rings. The van der Waals surface area contributed by atoms with E-state index in [4.69, 9.17) is 9.47 Å². The van der Waals surface area contributed by atoms with Crippen molar-refractivity contribution in [3.8, 4) is 0 Å². The van der Waals surface area contributed by atoms with Crippen LogP contribution in [0.2, 0.25) is 0 Å². The molecule has 19 heavy (non-hydrogen) atoms. The maximum Gasteiger partial charge on any atom is 0.408 e. The van der Waals surface area contributed by atoms with Crippen LogP contribution < -0.4 is 5.32 Å². The maximum atomic E-state index is 12.1. The average molecular weight is 269 g/mol. The fourth-order valence-corrected chi connectivity index (χ4v) is 1.81. The Hall–Kier alpha value is -1.52. The highest BCUT2D eigenvalue weighted by molar-refractivity contribution is 5.90. The molecule has 2 atom stereocenters. The van der Waals surface area contributed by atoms with Gasteiger partial charge in [0, 0.05) is 5.92 Å². The number of carbonyl (C=O) groups excluding carboxylic acids is 2. The Morgan fingerprint density at radius 2 is 2.00 bits per heavy atom. The van der Waals surface area contributed by atoms with Gasteiger partial charge in [0.05, 0.1) is 6.10 Å². The minimum Gasteiger partial charge on any atom is -0.461 e. The highest BCUT2D eigenvalue weighted by atomic mass is 16.6. The van der Waals surface area contributed by atoms with Gasteiger partial charge in [0.1, 0.15) is 11.1 Å². The summed E-state index contributed by atoms with van der Waals surface area (Å²) in [6.07, 6.45) is 1.31. The molecule has 0 radical (unpaired) electrons. The van der Waals surface area contributed by atoms with Crippen LogP contribution in [0.5, 0.6) is 0 Å². The zero-order valence-electron chi connectivity index (χ0n) is 12.3. The van der Waals surface area contributed by atoms with E-state index in [9.17, 15) is 9.59 Å². The lowest BCUT2D eigenvalue weighted by Crippen LogP contribution is -2.48. The van der Waals surface area contributed by atoms with Crippen LogP contribution in [0.3, 0.4) is 0 Å². The highest BCUT2D eigenvalue weighted by Crippen LogP contribution is 2.45. The summed E-state index contributed by atoms with van der Waals surface area (Å²) in [7, 11) is 0. The number of esters is 1. The van der Waals surface area contributed by atoms with Crippen molar-refractivity contribution >= 4 is 12.1 Å². The third-order valence-electron chi connectivity index (χ3n) is 2.73. The SMILES string of the molecule is C=C[C@@H]1C[C@]1(NC(=O)OC(C)(C)C)C(=O)OC(C)C. The molecule has 0 saturated heterocycles. The van der Waals surface area contributed by atoms with Gasteiger partial charge in [-0.3, -0.25) is 0 Å². The number of hydrogen-bond acceptors (Lipinski definition) is 4. The fraction of sp³-hybridized carbons (Fsp3) is 0.714. The zero-order chi connectivity index (χ0) is 14.8. The molecule has 5 nitrogen and oxygen atoms in total. The first kappa shape index (κ1) is 15.5. The van der Waals surface area contributed by atoms with Gasteiger partial charge < -0.3 is 14.8 Å². The molecular formula is C14H23NO4. The van der Waals surface area contributed by atoms with Gasteiger partial charge in [-0.15, -0.1) is 6.58 Å². The lowest BCUT2D eigenvalue weighted by molar-refractivity contribution is -0.151. The van der Waals surface area contributed by atoms with E-state index in [0.29, 0.717) is 6.42 Å². The van der Waals surface area contributed by atoms with Crippen LogP contribution in [0.25, 0.3) is 0 Å². The Morgan fingerprint density at radius 3 is 2.37 bits per heavy atom. The zero-order valence-corrected chi connectivity index (χ0v) is 12.3. The third-order valence-corrected chi connectivity index (χ3v) is 2.73. The van der Waals surface area contributed by atoms with Crippen molar-refractivity contribution in [1.82, 2.24) is 5.32 Å². The molecule has 0 aromatic carbocycles. The van der Waals surface area contributed by atoms with Gasteiger partial charge in [0.2, 0.25) is 0 Å². The second-order valence-corrected chi connectivity index (χ2v) is 6.10. The van der Waals surface area contributed by atoms with Crippen molar-refractivity contribution in [2.75, 3.05) is 0 Å². The smallest absolute Gasteiger partial charge is 0.408 e. The van der Waals surface area contributed by atoms with Crippen LogP contribution in [-0.2, 0) is 14.3 Å². The molecule has 1 amide bonds. The Balaban J connectivity index is 2.72. The Morgan fingerprint density at radius 1 is 1.42 bits per heavy atom. The average Bonchev–Trinajstić information content (AvgIpc) is 2.88. The monoisotopic (exact) mass is 269 g/mol. The van der Waals surface area contributed by atoms with Crippen LogP contribution in [0, 0.1) is 5.92 Å². The summed E-state index contributed by atoms with van der Waals surface area (Å²) in [4.78, 5) is 23.9. The van der Waals surface area contributed by atoms with Crippen molar-refractivity contribution in [2.45, 2.75) is 58.3 Å². The predicted molar refractivity (Wildman–Crippen MR) is 71.6 cm³/mol. The lowest BCUT2D eigenvalue weighted by atomic mass is 10.2. The molecule has 1 N–H and O–H groups in total.